The molecule has 92 valence electrons. The molecule has 0 saturated carbocycles. The Bertz CT molecular complexity index is 443. The second kappa shape index (κ2) is 5.31. The van der Waals surface area contributed by atoms with E-state index in [2.05, 4.69) is 15.9 Å². The highest BCUT2D eigenvalue weighted by molar-refractivity contribution is 9.11. The minimum atomic E-state index is 0.0597. The van der Waals surface area contributed by atoms with E-state index in [9.17, 15) is 9.59 Å². The summed E-state index contributed by atoms with van der Waals surface area (Å²) in [6.07, 6.45) is 2.42. The predicted molar refractivity (Wildman–Crippen MR) is 71.4 cm³/mol. The van der Waals surface area contributed by atoms with Crippen molar-refractivity contribution < 1.29 is 9.59 Å². The van der Waals surface area contributed by atoms with Crippen LogP contribution >= 0.6 is 27.3 Å². The summed E-state index contributed by atoms with van der Waals surface area (Å²) in [7, 11) is 0. The first kappa shape index (κ1) is 12.8. The van der Waals surface area contributed by atoms with Gasteiger partial charge in [0.05, 0.1) is 8.66 Å². The van der Waals surface area contributed by atoms with Gasteiger partial charge in [-0.1, -0.05) is 0 Å². The highest BCUT2D eigenvalue weighted by atomic mass is 79.9. The smallest absolute Gasteiger partial charge is 0.264 e. The molecule has 0 radical (unpaired) electrons. The van der Waals surface area contributed by atoms with E-state index in [0.29, 0.717) is 6.42 Å². The number of carbonyl (C=O) groups excluding carboxylic acids is 2. The SMILES string of the molecule is CC(=O)CC1CCCN1C(=O)c1ccc(Br)s1. The molecule has 1 saturated heterocycles. The van der Waals surface area contributed by atoms with Crippen LogP contribution in [0.4, 0.5) is 0 Å². The number of thiophene rings is 1. The van der Waals surface area contributed by atoms with Gasteiger partial charge in [-0.05, 0) is 47.8 Å². The van der Waals surface area contributed by atoms with Crippen molar-refractivity contribution in [3.8, 4) is 0 Å². The number of hydrogen-bond donors (Lipinski definition) is 0. The molecule has 2 rings (SSSR count). The molecule has 1 atom stereocenters. The quantitative estimate of drug-likeness (QED) is 0.859. The number of halogens is 1. The van der Waals surface area contributed by atoms with Gasteiger partial charge in [0, 0.05) is 19.0 Å². The Morgan fingerprint density at radius 2 is 2.29 bits per heavy atom. The van der Waals surface area contributed by atoms with Crippen molar-refractivity contribution in [2.45, 2.75) is 32.2 Å². The predicted octanol–water partition coefficient (Wildman–Crippen LogP) is 3.09. The third-order valence-corrected chi connectivity index (χ3v) is 4.56. The normalized spacial score (nSPS) is 19.6. The van der Waals surface area contributed by atoms with E-state index in [0.717, 1.165) is 28.0 Å². The van der Waals surface area contributed by atoms with Crippen molar-refractivity contribution in [3.05, 3.63) is 20.8 Å². The largest absolute Gasteiger partial charge is 0.335 e. The van der Waals surface area contributed by atoms with Crippen LogP contribution in [0.1, 0.15) is 35.9 Å². The summed E-state index contributed by atoms with van der Waals surface area (Å²) in [4.78, 5) is 26.0. The zero-order chi connectivity index (χ0) is 12.4. The van der Waals surface area contributed by atoms with Gasteiger partial charge in [-0.2, -0.15) is 0 Å². The van der Waals surface area contributed by atoms with E-state index in [-0.39, 0.29) is 17.7 Å². The maximum absolute atomic E-state index is 12.3. The molecule has 0 aliphatic carbocycles. The van der Waals surface area contributed by atoms with E-state index in [1.807, 2.05) is 17.0 Å². The molecule has 0 aromatic carbocycles. The lowest BCUT2D eigenvalue weighted by Gasteiger charge is -2.23. The molecule has 0 spiro atoms. The molecule has 0 N–H and O–H groups in total. The minimum absolute atomic E-state index is 0.0597. The van der Waals surface area contributed by atoms with Crippen molar-refractivity contribution in [3.63, 3.8) is 0 Å². The fourth-order valence-electron chi connectivity index (χ4n) is 2.22. The fourth-order valence-corrected chi connectivity index (χ4v) is 3.56. The molecule has 1 fully saturated rings. The second-order valence-electron chi connectivity index (χ2n) is 4.30. The number of rotatable bonds is 3. The van der Waals surface area contributed by atoms with E-state index >= 15 is 0 Å². The van der Waals surface area contributed by atoms with Crippen LogP contribution in [0.2, 0.25) is 0 Å². The first-order valence-corrected chi connectivity index (χ1v) is 7.24. The molecule has 1 aromatic rings. The molecule has 1 amide bonds. The fraction of sp³-hybridized carbons (Fsp3) is 0.500. The minimum Gasteiger partial charge on any atom is -0.335 e. The number of hydrogen-bond acceptors (Lipinski definition) is 3. The maximum Gasteiger partial charge on any atom is 0.264 e. The topological polar surface area (TPSA) is 37.4 Å². The Hall–Kier alpha value is -0.680. The second-order valence-corrected chi connectivity index (χ2v) is 6.77. The number of ketones is 1. The van der Waals surface area contributed by atoms with E-state index in [1.165, 1.54) is 11.3 Å². The van der Waals surface area contributed by atoms with Gasteiger partial charge in [-0.3, -0.25) is 9.59 Å². The highest BCUT2D eigenvalue weighted by Gasteiger charge is 2.30. The first-order chi connectivity index (χ1) is 8.08. The summed E-state index contributed by atoms with van der Waals surface area (Å²) in [6, 6.07) is 3.81. The maximum atomic E-state index is 12.3. The molecule has 0 bridgehead atoms. The molecule has 17 heavy (non-hydrogen) atoms. The van der Waals surface area contributed by atoms with Gasteiger partial charge in [0.2, 0.25) is 0 Å². The zero-order valence-electron chi connectivity index (χ0n) is 9.61. The molecule has 3 nitrogen and oxygen atoms in total. The summed E-state index contributed by atoms with van der Waals surface area (Å²) in [5, 5.41) is 0. The molecular weight excluding hydrogens is 302 g/mol. The van der Waals surface area contributed by atoms with E-state index in [4.69, 9.17) is 0 Å². The highest BCUT2D eigenvalue weighted by Crippen LogP contribution is 2.27. The van der Waals surface area contributed by atoms with Gasteiger partial charge < -0.3 is 4.90 Å². The number of carbonyl (C=O) groups is 2. The molecule has 1 aliphatic heterocycles. The Morgan fingerprint density at radius 1 is 1.53 bits per heavy atom. The van der Waals surface area contributed by atoms with Crippen molar-refractivity contribution in [1.82, 2.24) is 4.90 Å². The van der Waals surface area contributed by atoms with E-state index < -0.39 is 0 Å². The van der Waals surface area contributed by atoms with Gasteiger partial charge in [-0.25, -0.2) is 0 Å². The lowest BCUT2D eigenvalue weighted by molar-refractivity contribution is -0.117. The Balaban J connectivity index is 2.10. The number of Topliss-reactive ketones (excluding diaryl/α,β-unsaturated/α-hetero) is 1. The van der Waals surface area contributed by atoms with Crippen molar-refractivity contribution in [2.75, 3.05) is 6.54 Å². The number of amides is 1. The zero-order valence-corrected chi connectivity index (χ0v) is 12.0. The van der Waals surface area contributed by atoms with E-state index in [1.54, 1.807) is 6.92 Å². The summed E-state index contributed by atoms with van der Waals surface area (Å²) >= 11 is 4.80. The van der Waals surface area contributed by atoms with Crippen LogP contribution in [-0.4, -0.2) is 29.2 Å². The molecule has 2 heterocycles. The van der Waals surface area contributed by atoms with Gasteiger partial charge in [0.15, 0.2) is 0 Å². The van der Waals surface area contributed by atoms with Gasteiger partial charge in [0.1, 0.15) is 5.78 Å². The summed E-state index contributed by atoms with van der Waals surface area (Å²) < 4.78 is 0.961. The van der Waals surface area contributed by atoms with Gasteiger partial charge in [-0.15, -0.1) is 11.3 Å². The summed E-state index contributed by atoms with van der Waals surface area (Å²) in [5.41, 5.74) is 0. The average Bonchev–Trinajstić information content (AvgIpc) is 2.85. The standard InChI is InChI=1S/C12H14BrNO2S/c1-8(15)7-9-3-2-6-14(9)12(16)10-4-5-11(13)17-10/h4-5,9H,2-3,6-7H2,1H3. The summed E-state index contributed by atoms with van der Waals surface area (Å²) in [5.74, 6) is 0.214. The first-order valence-electron chi connectivity index (χ1n) is 5.63. The Morgan fingerprint density at radius 3 is 2.88 bits per heavy atom. The molecule has 1 aliphatic rings. The number of nitrogens with zero attached hydrogens (tertiary/aromatic N) is 1. The molecule has 1 aromatic heterocycles. The van der Waals surface area contributed by atoms with Gasteiger partial charge >= 0.3 is 0 Å². The van der Waals surface area contributed by atoms with Crippen molar-refractivity contribution >= 4 is 39.0 Å². The lowest BCUT2D eigenvalue weighted by Crippen LogP contribution is -2.36. The third-order valence-electron chi connectivity index (χ3n) is 2.95. The number of likely N-dealkylation sites (tertiary alicyclic amines) is 1. The molecule has 5 heteroatoms. The van der Waals surface area contributed by atoms with Crippen LogP contribution in [0.3, 0.4) is 0 Å². The van der Waals surface area contributed by atoms with Gasteiger partial charge in [0.25, 0.3) is 5.91 Å². The Labute approximate surface area is 113 Å². The van der Waals surface area contributed by atoms with Crippen molar-refractivity contribution in [2.24, 2.45) is 0 Å². The molecular formula is C12H14BrNO2S. The average molecular weight is 316 g/mol. The van der Waals surface area contributed by atoms with Crippen LogP contribution in [0.15, 0.2) is 15.9 Å². The monoisotopic (exact) mass is 315 g/mol. The Kier molecular flexibility index (Phi) is 3.99. The van der Waals surface area contributed by atoms with Crippen LogP contribution in [0.5, 0.6) is 0 Å². The lowest BCUT2D eigenvalue weighted by atomic mass is 10.1. The van der Waals surface area contributed by atoms with Crippen LogP contribution in [0.25, 0.3) is 0 Å². The third kappa shape index (κ3) is 2.96. The van der Waals surface area contributed by atoms with Crippen molar-refractivity contribution in [1.29, 1.82) is 0 Å². The van der Waals surface area contributed by atoms with Crippen LogP contribution in [-0.2, 0) is 4.79 Å². The molecule has 1 unspecified atom stereocenters. The van der Waals surface area contributed by atoms with Crippen LogP contribution < -0.4 is 0 Å². The summed E-state index contributed by atoms with van der Waals surface area (Å²) in [6.45, 7) is 2.36. The van der Waals surface area contributed by atoms with Crippen LogP contribution in [0, 0.1) is 0 Å².